The van der Waals surface area contributed by atoms with E-state index in [1.807, 2.05) is 12.1 Å². The molecule has 1 aliphatic carbocycles. The van der Waals surface area contributed by atoms with E-state index in [1.165, 1.54) is 18.5 Å². The number of hydrogen-bond acceptors (Lipinski definition) is 4. The summed E-state index contributed by atoms with van der Waals surface area (Å²) < 4.78 is 0. The Balaban J connectivity index is 1.25. The fourth-order valence-electron chi connectivity index (χ4n) is 3.24. The summed E-state index contributed by atoms with van der Waals surface area (Å²) >= 11 is 0. The Kier molecular flexibility index (Phi) is 4.50. The number of carbonyl (C=O) groups excluding carboxylic acids is 1. The first-order valence-corrected chi connectivity index (χ1v) is 8.97. The lowest BCUT2D eigenvalue weighted by atomic mass is 10.0. The molecule has 4 rings (SSSR count). The zero-order valence-electron chi connectivity index (χ0n) is 14.2. The van der Waals surface area contributed by atoms with Gasteiger partial charge in [-0.1, -0.05) is 6.07 Å². The maximum atomic E-state index is 12.1. The van der Waals surface area contributed by atoms with Gasteiger partial charge in [0.1, 0.15) is 0 Å². The van der Waals surface area contributed by atoms with Crippen molar-refractivity contribution in [3.63, 3.8) is 0 Å². The number of hydrogen-bond donors (Lipinski definition) is 2. The summed E-state index contributed by atoms with van der Waals surface area (Å²) in [6.45, 7) is 1.85. The van der Waals surface area contributed by atoms with Crippen LogP contribution in [0.4, 0.5) is 5.82 Å². The van der Waals surface area contributed by atoms with E-state index >= 15 is 0 Å². The van der Waals surface area contributed by atoms with Crippen LogP contribution >= 0.6 is 0 Å². The van der Waals surface area contributed by atoms with Crippen LogP contribution in [0.1, 0.15) is 42.9 Å². The second kappa shape index (κ2) is 7.09. The monoisotopic (exact) mass is 337 g/mol. The summed E-state index contributed by atoms with van der Waals surface area (Å²) in [5, 5.41) is 10.7. The molecule has 2 aromatic heterocycles. The Labute approximate surface area is 147 Å². The van der Waals surface area contributed by atoms with Gasteiger partial charge in [0.05, 0.1) is 0 Å². The molecule has 2 N–H and O–H groups in total. The van der Waals surface area contributed by atoms with Gasteiger partial charge in [0, 0.05) is 55.3 Å². The molecule has 0 aromatic carbocycles. The van der Waals surface area contributed by atoms with Crippen molar-refractivity contribution < 1.29 is 4.79 Å². The molecule has 6 nitrogen and oxygen atoms in total. The first-order valence-electron chi connectivity index (χ1n) is 8.97. The van der Waals surface area contributed by atoms with Crippen molar-refractivity contribution in [3.05, 3.63) is 47.9 Å². The van der Waals surface area contributed by atoms with Crippen molar-refractivity contribution in [3.8, 4) is 0 Å². The molecule has 2 fully saturated rings. The van der Waals surface area contributed by atoms with Gasteiger partial charge in [-0.15, -0.1) is 0 Å². The summed E-state index contributed by atoms with van der Waals surface area (Å²) in [4.78, 5) is 18.4. The Hall–Kier alpha value is -2.63. The summed E-state index contributed by atoms with van der Waals surface area (Å²) in [7, 11) is 0. The van der Waals surface area contributed by atoms with E-state index in [4.69, 9.17) is 0 Å². The maximum Gasteiger partial charge on any atom is 0.244 e. The Bertz CT molecular complexity index is 742. The second-order valence-electron chi connectivity index (χ2n) is 6.85. The highest BCUT2D eigenvalue weighted by molar-refractivity contribution is 5.91. The molecule has 1 saturated heterocycles. The van der Waals surface area contributed by atoms with Crippen LogP contribution in [0.25, 0.3) is 6.08 Å². The number of anilines is 1. The van der Waals surface area contributed by atoms with Crippen LogP contribution in [0.5, 0.6) is 0 Å². The van der Waals surface area contributed by atoms with E-state index in [0.717, 1.165) is 37.3 Å². The first kappa shape index (κ1) is 15.9. The van der Waals surface area contributed by atoms with Crippen molar-refractivity contribution in [2.45, 2.75) is 37.6 Å². The zero-order valence-corrected chi connectivity index (χ0v) is 14.2. The number of aromatic amines is 1. The number of nitrogens with one attached hydrogen (secondary N) is 2. The molecule has 25 heavy (non-hydrogen) atoms. The van der Waals surface area contributed by atoms with E-state index in [9.17, 15) is 4.79 Å². The molecule has 0 bridgehead atoms. The van der Waals surface area contributed by atoms with Crippen molar-refractivity contribution in [1.29, 1.82) is 0 Å². The van der Waals surface area contributed by atoms with E-state index in [-0.39, 0.29) is 11.9 Å². The third-order valence-electron chi connectivity index (χ3n) is 4.88. The minimum atomic E-state index is -0.0434. The lowest BCUT2D eigenvalue weighted by Gasteiger charge is -2.32. The third-order valence-corrected chi connectivity index (χ3v) is 4.88. The highest BCUT2D eigenvalue weighted by Crippen LogP contribution is 2.40. The van der Waals surface area contributed by atoms with Gasteiger partial charge in [-0.05, 0) is 43.4 Å². The molecular weight excluding hydrogens is 314 g/mol. The molecule has 3 heterocycles. The van der Waals surface area contributed by atoms with Crippen molar-refractivity contribution in [1.82, 2.24) is 20.5 Å². The molecule has 0 spiro atoms. The first-order chi connectivity index (χ1) is 12.3. The zero-order chi connectivity index (χ0) is 17.1. The summed E-state index contributed by atoms with van der Waals surface area (Å²) in [6.07, 6.45) is 11.3. The van der Waals surface area contributed by atoms with Crippen LogP contribution in [0, 0.1) is 0 Å². The highest BCUT2D eigenvalue weighted by Gasteiger charge is 2.27. The molecule has 130 valence electrons. The van der Waals surface area contributed by atoms with Crippen LogP contribution < -0.4 is 10.2 Å². The summed E-state index contributed by atoms with van der Waals surface area (Å²) in [5.41, 5.74) is 2.20. The molecule has 2 aliphatic rings. The van der Waals surface area contributed by atoms with Gasteiger partial charge in [-0.2, -0.15) is 5.10 Å². The molecule has 1 amide bonds. The number of carbonyl (C=O) groups is 1. The predicted octanol–water partition coefficient (Wildman–Crippen LogP) is 2.48. The van der Waals surface area contributed by atoms with Crippen molar-refractivity contribution in [2.24, 2.45) is 0 Å². The van der Waals surface area contributed by atoms with Crippen molar-refractivity contribution in [2.75, 3.05) is 18.0 Å². The molecule has 1 aliphatic heterocycles. The number of amides is 1. The quantitative estimate of drug-likeness (QED) is 0.822. The van der Waals surface area contributed by atoms with Gasteiger partial charge in [0.2, 0.25) is 5.91 Å². The topological polar surface area (TPSA) is 73.9 Å². The van der Waals surface area contributed by atoms with E-state index in [1.54, 1.807) is 24.5 Å². The van der Waals surface area contributed by atoms with E-state index in [0.29, 0.717) is 5.92 Å². The molecule has 0 unspecified atom stereocenters. The maximum absolute atomic E-state index is 12.1. The minimum Gasteiger partial charge on any atom is -0.355 e. The molecule has 2 aromatic rings. The summed E-state index contributed by atoms with van der Waals surface area (Å²) in [6, 6.07) is 6.20. The normalized spacial score (nSPS) is 18.6. The molecule has 1 saturated carbocycles. The Morgan fingerprint density at radius 1 is 1.28 bits per heavy atom. The minimum absolute atomic E-state index is 0.0434. The predicted molar refractivity (Wildman–Crippen MR) is 97.2 cm³/mol. The van der Waals surface area contributed by atoms with Crippen molar-refractivity contribution >= 4 is 17.8 Å². The number of piperidine rings is 1. The standard InChI is InChI=1S/C19H23N5O/c25-19(6-3-14-2-1-9-20-13-14)21-16-7-10-24(11-8-16)18-12-17(22-23-18)15-4-5-15/h1-3,6,9,12-13,15-16H,4-5,7-8,10-11H2,(H,21,25)(H,22,23)/b6-3+. The van der Waals surface area contributed by atoms with Gasteiger partial charge in [-0.3, -0.25) is 14.9 Å². The van der Waals surface area contributed by atoms with E-state index in [2.05, 4.69) is 31.5 Å². The second-order valence-corrected chi connectivity index (χ2v) is 6.85. The molecule has 0 atom stereocenters. The smallest absolute Gasteiger partial charge is 0.244 e. The Morgan fingerprint density at radius 3 is 2.84 bits per heavy atom. The van der Waals surface area contributed by atoms with Gasteiger partial charge >= 0.3 is 0 Å². The molecule has 0 radical (unpaired) electrons. The summed E-state index contributed by atoms with van der Waals surface area (Å²) in [5.74, 6) is 1.70. The average Bonchev–Trinajstić information content (AvgIpc) is 3.39. The van der Waals surface area contributed by atoms with Gasteiger partial charge in [-0.25, -0.2) is 0 Å². The van der Waals surface area contributed by atoms with E-state index < -0.39 is 0 Å². The number of pyridine rings is 1. The highest BCUT2D eigenvalue weighted by atomic mass is 16.1. The number of nitrogens with zero attached hydrogens (tertiary/aromatic N) is 3. The number of rotatable bonds is 5. The SMILES string of the molecule is O=C(/C=C/c1cccnc1)NC1CCN(c2cc(C3CC3)[nH]n2)CC1. The van der Waals surface area contributed by atoms with Crippen LogP contribution in [-0.2, 0) is 4.79 Å². The largest absolute Gasteiger partial charge is 0.355 e. The Morgan fingerprint density at radius 2 is 2.12 bits per heavy atom. The molecule has 6 heteroatoms. The average molecular weight is 337 g/mol. The fourth-order valence-corrected chi connectivity index (χ4v) is 3.24. The van der Waals surface area contributed by atoms with Gasteiger partial charge in [0.15, 0.2) is 5.82 Å². The number of aromatic nitrogens is 3. The number of H-pyrrole nitrogens is 1. The van der Waals surface area contributed by atoms with Gasteiger partial charge in [0.25, 0.3) is 0 Å². The lowest BCUT2D eigenvalue weighted by Crippen LogP contribution is -2.44. The lowest BCUT2D eigenvalue weighted by molar-refractivity contribution is -0.117. The van der Waals surface area contributed by atoms with Gasteiger partial charge < -0.3 is 10.2 Å². The molecular formula is C19H23N5O. The van der Waals surface area contributed by atoms with Crippen LogP contribution in [-0.4, -0.2) is 40.2 Å². The van der Waals surface area contributed by atoms with Crippen LogP contribution in [0.3, 0.4) is 0 Å². The van der Waals surface area contributed by atoms with Crippen LogP contribution in [0.15, 0.2) is 36.7 Å². The van der Waals surface area contributed by atoms with Crippen LogP contribution in [0.2, 0.25) is 0 Å². The fraction of sp³-hybridized carbons (Fsp3) is 0.421. The third kappa shape index (κ3) is 4.07.